The Morgan fingerprint density at radius 2 is 1.89 bits per heavy atom. The van der Waals surface area contributed by atoms with Crippen LogP contribution in [0.15, 0.2) is 59.9 Å². The number of hydrogen-bond acceptors (Lipinski definition) is 5. The predicted octanol–water partition coefficient (Wildman–Crippen LogP) is 3.03. The van der Waals surface area contributed by atoms with Crippen LogP contribution >= 0.6 is 0 Å². The van der Waals surface area contributed by atoms with Crippen LogP contribution in [0.1, 0.15) is 6.55 Å². The molecule has 144 valence electrons. The molecule has 11 heteroatoms. The molecule has 0 radical (unpaired) electrons. The lowest BCUT2D eigenvalue weighted by molar-refractivity contribution is 0.0568. The van der Waals surface area contributed by atoms with Gasteiger partial charge in [-0.1, -0.05) is 12.1 Å². The minimum absolute atomic E-state index is 0.0660. The fourth-order valence-electron chi connectivity index (χ4n) is 2.79. The van der Waals surface area contributed by atoms with E-state index < -0.39 is 16.6 Å². The average Bonchev–Trinajstić information content (AvgIpc) is 3.30. The number of aryl methyl sites for hydroxylation is 1. The number of aromatic nitrogens is 5. The standard InChI is InChI=1S/C17H14F2N6O2S/c1-24-16-11(9-21-24)3-2-4-15(16)23-28(26,27)12-5-6-13(20-10-12)14-7-8-25(22-14)17(18)19/h2-10,17,23H,1H3. The fourth-order valence-corrected chi connectivity index (χ4v) is 3.80. The molecular weight excluding hydrogens is 390 g/mol. The minimum atomic E-state index is -3.91. The van der Waals surface area contributed by atoms with E-state index in [4.69, 9.17) is 0 Å². The van der Waals surface area contributed by atoms with E-state index in [1.165, 1.54) is 18.2 Å². The topological polar surface area (TPSA) is 94.7 Å². The van der Waals surface area contributed by atoms with Gasteiger partial charge in [0.2, 0.25) is 0 Å². The van der Waals surface area contributed by atoms with E-state index in [9.17, 15) is 17.2 Å². The molecule has 0 aliphatic heterocycles. The zero-order valence-corrected chi connectivity index (χ0v) is 15.3. The molecule has 0 atom stereocenters. The van der Waals surface area contributed by atoms with E-state index in [1.54, 1.807) is 30.1 Å². The number of anilines is 1. The van der Waals surface area contributed by atoms with Gasteiger partial charge in [-0.05, 0) is 24.3 Å². The van der Waals surface area contributed by atoms with Crippen molar-refractivity contribution in [3.8, 4) is 11.4 Å². The summed E-state index contributed by atoms with van der Waals surface area (Å²) in [7, 11) is -2.19. The summed E-state index contributed by atoms with van der Waals surface area (Å²) in [6, 6.07) is 9.33. The van der Waals surface area contributed by atoms with Crippen molar-refractivity contribution < 1.29 is 17.2 Å². The van der Waals surface area contributed by atoms with Crippen molar-refractivity contribution in [1.82, 2.24) is 24.5 Å². The average molecular weight is 404 g/mol. The van der Waals surface area contributed by atoms with Crippen molar-refractivity contribution in [3.63, 3.8) is 0 Å². The highest BCUT2D eigenvalue weighted by Crippen LogP contribution is 2.25. The molecule has 0 aliphatic carbocycles. The summed E-state index contributed by atoms with van der Waals surface area (Å²) < 4.78 is 55.3. The van der Waals surface area contributed by atoms with Crippen LogP contribution in [-0.2, 0) is 17.1 Å². The summed E-state index contributed by atoms with van der Waals surface area (Å²) in [5.41, 5.74) is 1.54. The van der Waals surface area contributed by atoms with Crippen LogP contribution in [0.4, 0.5) is 14.5 Å². The van der Waals surface area contributed by atoms with E-state index in [0.717, 1.165) is 17.8 Å². The third-order valence-corrected chi connectivity index (χ3v) is 5.47. The van der Waals surface area contributed by atoms with Gasteiger partial charge < -0.3 is 0 Å². The van der Waals surface area contributed by atoms with Gasteiger partial charge in [-0.25, -0.2) is 13.1 Å². The maximum atomic E-state index is 12.7. The Morgan fingerprint density at radius 1 is 1.07 bits per heavy atom. The lowest BCUT2D eigenvalue weighted by Gasteiger charge is -2.10. The quantitative estimate of drug-likeness (QED) is 0.552. The van der Waals surface area contributed by atoms with Crippen LogP contribution in [0.5, 0.6) is 0 Å². The number of halogens is 2. The maximum absolute atomic E-state index is 12.7. The highest BCUT2D eigenvalue weighted by molar-refractivity contribution is 7.92. The first-order valence-corrected chi connectivity index (χ1v) is 9.57. The Bertz CT molecular complexity index is 1250. The van der Waals surface area contributed by atoms with Crippen molar-refractivity contribution in [2.45, 2.75) is 11.4 Å². The predicted molar refractivity (Wildman–Crippen MR) is 98.2 cm³/mol. The number of para-hydroxylation sites is 1. The molecule has 0 saturated carbocycles. The van der Waals surface area contributed by atoms with Crippen molar-refractivity contribution in [2.75, 3.05) is 4.72 Å². The number of fused-ring (bicyclic) bond motifs is 1. The molecule has 0 amide bonds. The number of hydrogen-bond donors (Lipinski definition) is 1. The van der Waals surface area contributed by atoms with E-state index in [0.29, 0.717) is 15.9 Å². The lowest BCUT2D eigenvalue weighted by atomic mass is 10.2. The van der Waals surface area contributed by atoms with Crippen LogP contribution in [0.3, 0.4) is 0 Å². The normalized spacial score (nSPS) is 12.0. The van der Waals surface area contributed by atoms with Gasteiger partial charge in [-0.3, -0.25) is 14.4 Å². The van der Waals surface area contributed by atoms with Crippen LogP contribution < -0.4 is 4.72 Å². The summed E-state index contributed by atoms with van der Waals surface area (Å²) in [5.74, 6) is 0. The van der Waals surface area contributed by atoms with E-state index in [1.807, 2.05) is 6.07 Å². The second kappa shape index (κ2) is 6.68. The largest absolute Gasteiger partial charge is 0.333 e. The number of sulfonamides is 1. The Kier molecular flexibility index (Phi) is 4.30. The molecule has 1 aromatic carbocycles. The van der Waals surface area contributed by atoms with E-state index in [-0.39, 0.29) is 16.3 Å². The van der Waals surface area contributed by atoms with E-state index >= 15 is 0 Å². The van der Waals surface area contributed by atoms with Crippen molar-refractivity contribution in [3.05, 3.63) is 55.0 Å². The number of alkyl halides is 2. The van der Waals surface area contributed by atoms with E-state index in [2.05, 4.69) is 19.9 Å². The number of rotatable bonds is 5. The minimum Gasteiger partial charge on any atom is -0.277 e. The number of nitrogens with one attached hydrogen (secondary N) is 1. The summed E-state index contributed by atoms with van der Waals surface area (Å²) in [5, 5.41) is 8.63. The lowest BCUT2D eigenvalue weighted by Crippen LogP contribution is -2.14. The zero-order valence-electron chi connectivity index (χ0n) is 14.5. The molecule has 0 fully saturated rings. The highest BCUT2D eigenvalue weighted by atomic mass is 32.2. The molecule has 3 aromatic heterocycles. The molecule has 4 aromatic rings. The summed E-state index contributed by atoms with van der Waals surface area (Å²) in [4.78, 5) is 3.98. The van der Waals surface area contributed by atoms with Crippen LogP contribution in [0.25, 0.3) is 22.3 Å². The first-order chi connectivity index (χ1) is 13.3. The molecule has 28 heavy (non-hydrogen) atoms. The van der Waals surface area contributed by atoms with Gasteiger partial charge in [0, 0.05) is 24.8 Å². The Hall–Kier alpha value is -3.34. The zero-order chi connectivity index (χ0) is 19.9. The van der Waals surface area contributed by atoms with Gasteiger partial charge in [0.05, 0.1) is 23.1 Å². The molecule has 1 N–H and O–H groups in total. The van der Waals surface area contributed by atoms with Gasteiger partial charge in [0.25, 0.3) is 10.0 Å². The first kappa shape index (κ1) is 18.0. The molecule has 8 nitrogen and oxygen atoms in total. The summed E-state index contributed by atoms with van der Waals surface area (Å²) in [6.45, 7) is -2.76. The molecule has 4 rings (SSSR count). The second-order valence-electron chi connectivity index (χ2n) is 5.95. The molecule has 0 aliphatic rings. The molecule has 3 heterocycles. The van der Waals surface area contributed by atoms with Crippen LogP contribution in [0.2, 0.25) is 0 Å². The number of pyridine rings is 1. The molecule has 0 unspecified atom stereocenters. The van der Waals surface area contributed by atoms with Gasteiger partial charge >= 0.3 is 6.55 Å². The van der Waals surface area contributed by atoms with Crippen molar-refractivity contribution in [2.24, 2.45) is 7.05 Å². The number of benzene rings is 1. The van der Waals surface area contributed by atoms with Crippen LogP contribution in [-0.4, -0.2) is 33.0 Å². The monoisotopic (exact) mass is 404 g/mol. The SMILES string of the molecule is Cn1ncc2cccc(NS(=O)(=O)c3ccc(-c4ccn(C(F)F)n4)nc3)c21. The molecule has 0 spiro atoms. The molecular formula is C17H14F2N6O2S. The van der Waals surface area contributed by atoms with Gasteiger partial charge in [-0.15, -0.1) is 0 Å². The molecule has 0 saturated heterocycles. The summed E-state index contributed by atoms with van der Waals surface area (Å²) in [6.07, 6.45) is 3.92. The third kappa shape index (κ3) is 3.20. The molecule has 0 bridgehead atoms. The smallest absolute Gasteiger partial charge is 0.277 e. The maximum Gasteiger partial charge on any atom is 0.333 e. The number of nitrogens with zero attached hydrogens (tertiary/aromatic N) is 5. The Labute approximate surface area is 158 Å². The van der Waals surface area contributed by atoms with Crippen molar-refractivity contribution in [1.29, 1.82) is 0 Å². The van der Waals surface area contributed by atoms with Crippen LogP contribution in [0, 0.1) is 0 Å². The van der Waals surface area contributed by atoms with Gasteiger partial charge in [0.15, 0.2) is 0 Å². The van der Waals surface area contributed by atoms with Gasteiger partial charge in [0.1, 0.15) is 10.6 Å². The second-order valence-corrected chi connectivity index (χ2v) is 7.64. The Morgan fingerprint density at radius 3 is 2.57 bits per heavy atom. The van der Waals surface area contributed by atoms with Crippen molar-refractivity contribution >= 4 is 26.6 Å². The summed E-state index contributed by atoms with van der Waals surface area (Å²) >= 11 is 0. The first-order valence-electron chi connectivity index (χ1n) is 8.08. The Balaban J connectivity index is 1.63. The fraction of sp³-hybridized carbons (Fsp3) is 0.118. The van der Waals surface area contributed by atoms with Gasteiger partial charge in [-0.2, -0.15) is 19.0 Å². The third-order valence-electron chi connectivity index (χ3n) is 4.12. The highest BCUT2D eigenvalue weighted by Gasteiger charge is 2.18.